The lowest BCUT2D eigenvalue weighted by molar-refractivity contribution is -0.139. The number of carbonyl (C=O) groups is 1. The summed E-state index contributed by atoms with van der Waals surface area (Å²) in [7, 11) is 1.00. The Morgan fingerprint density at radius 3 is 1.90 bits per heavy atom. The van der Waals surface area contributed by atoms with Gasteiger partial charge in [0.1, 0.15) is 12.2 Å². The SMILES string of the molecule is CC.CCC.CO.N/C(=C\N(N)CC1OCCC(O)C1O)COCCCOCCCOCCCO.NCCCC(N)=O. The molecular weight excluding hydrogens is 550 g/mol. The Bertz CT molecular complexity index is 564. The zero-order valence-electron chi connectivity index (χ0n) is 26.9. The third-order valence-corrected chi connectivity index (χ3v) is 4.74. The molecule has 0 aromatic carbocycles. The summed E-state index contributed by atoms with van der Waals surface area (Å²) in [5, 5.41) is 36.5. The van der Waals surface area contributed by atoms with Gasteiger partial charge in [-0.3, -0.25) is 4.79 Å². The van der Waals surface area contributed by atoms with Gasteiger partial charge in [-0.15, -0.1) is 0 Å². The van der Waals surface area contributed by atoms with Crippen molar-refractivity contribution in [1.82, 2.24) is 5.01 Å². The molecule has 1 fully saturated rings. The Kier molecular flexibility index (Phi) is 44.4. The van der Waals surface area contributed by atoms with E-state index in [1.165, 1.54) is 17.6 Å². The van der Waals surface area contributed by atoms with Crippen molar-refractivity contribution < 1.29 is 44.2 Å². The molecule has 0 aromatic rings. The molecule has 42 heavy (non-hydrogen) atoms. The third-order valence-electron chi connectivity index (χ3n) is 4.74. The molecule has 1 heterocycles. The van der Waals surface area contributed by atoms with Gasteiger partial charge in [0.05, 0.1) is 25.0 Å². The van der Waals surface area contributed by atoms with Gasteiger partial charge in [-0.05, 0) is 38.6 Å². The van der Waals surface area contributed by atoms with Crippen LogP contribution in [-0.4, -0.2) is 123 Å². The quantitative estimate of drug-likeness (QED) is 0.0540. The molecule has 0 radical (unpaired) electrons. The fourth-order valence-corrected chi connectivity index (χ4v) is 2.89. The van der Waals surface area contributed by atoms with Gasteiger partial charge in [0.15, 0.2) is 0 Å². The van der Waals surface area contributed by atoms with Crippen molar-refractivity contribution in [2.24, 2.45) is 23.0 Å². The molecule has 0 aliphatic carbocycles. The lowest BCUT2D eigenvalue weighted by Crippen LogP contribution is -2.50. The van der Waals surface area contributed by atoms with Gasteiger partial charge in [0, 0.05) is 66.0 Å². The fourth-order valence-electron chi connectivity index (χ4n) is 2.89. The zero-order chi connectivity index (χ0) is 33.0. The maximum atomic E-state index is 9.92. The maximum absolute atomic E-state index is 9.92. The Morgan fingerprint density at radius 2 is 1.45 bits per heavy atom. The van der Waals surface area contributed by atoms with E-state index >= 15 is 0 Å². The second-order valence-corrected chi connectivity index (χ2v) is 8.78. The van der Waals surface area contributed by atoms with Crippen LogP contribution in [0.2, 0.25) is 0 Å². The van der Waals surface area contributed by atoms with Crippen LogP contribution in [-0.2, 0) is 23.7 Å². The van der Waals surface area contributed by atoms with Crippen LogP contribution in [0.3, 0.4) is 0 Å². The zero-order valence-corrected chi connectivity index (χ0v) is 26.9. The summed E-state index contributed by atoms with van der Waals surface area (Å²) in [6.45, 7) is 12.8. The lowest BCUT2D eigenvalue weighted by Gasteiger charge is -2.33. The minimum absolute atomic E-state index is 0.154. The summed E-state index contributed by atoms with van der Waals surface area (Å²) < 4.78 is 21.7. The molecule has 1 aliphatic heterocycles. The summed E-state index contributed by atoms with van der Waals surface area (Å²) in [5.74, 6) is 5.58. The molecule has 0 saturated carbocycles. The first-order chi connectivity index (χ1) is 20.2. The molecule has 14 nitrogen and oxygen atoms in total. The minimum atomic E-state index is -0.960. The number of hydrogen-bond donors (Lipinski definition) is 8. The second-order valence-electron chi connectivity index (χ2n) is 8.78. The van der Waals surface area contributed by atoms with Crippen LogP contribution in [0.5, 0.6) is 0 Å². The number of amides is 1. The number of carbonyl (C=O) groups excluding carboxylic acids is 1. The maximum Gasteiger partial charge on any atom is 0.217 e. The minimum Gasteiger partial charge on any atom is -0.400 e. The fraction of sp³-hybridized carbons (Fsp3) is 0.893. The average molecular weight is 616 g/mol. The van der Waals surface area contributed by atoms with Gasteiger partial charge >= 0.3 is 0 Å². The van der Waals surface area contributed by atoms with E-state index in [2.05, 4.69) is 13.8 Å². The van der Waals surface area contributed by atoms with Crippen LogP contribution < -0.4 is 23.0 Å². The molecule has 0 spiro atoms. The number of aliphatic hydroxyl groups excluding tert-OH is 4. The Hall–Kier alpha value is -1.59. The average Bonchev–Trinajstić information content (AvgIpc) is 2.97. The van der Waals surface area contributed by atoms with Crippen molar-refractivity contribution in [3.8, 4) is 0 Å². The predicted molar refractivity (Wildman–Crippen MR) is 166 cm³/mol. The molecular formula is C28H65N5O9. The summed E-state index contributed by atoms with van der Waals surface area (Å²) in [6.07, 6.45) is 4.24. The number of hydrogen-bond acceptors (Lipinski definition) is 13. The molecule has 14 heteroatoms. The highest BCUT2D eigenvalue weighted by molar-refractivity contribution is 5.73. The van der Waals surface area contributed by atoms with Gasteiger partial charge < -0.3 is 61.6 Å². The number of rotatable bonds is 19. The lowest BCUT2D eigenvalue weighted by atomic mass is 10.0. The molecule has 0 bridgehead atoms. The standard InChI is InChI=1S/C18H37N3O7.C4H10N2O.C3H8.C2H6.CH4O/c19-15(12-21(20)13-17-18(24)16(23)4-11-28-17)14-27-10-3-9-26-8-2-7-25-6-1-5-22;5-3-1-2-4(6)7;1-3-2;2*1-2/h12,16-18,22-24H,1-11,13-14,19-20H2;1-3,5H2,(H2,6,7);3H2,1-2H3;1-2H3;2H,1H3/b15-12-;;;;. The molecule has 0 aromatic heterocycles. The highest BCUT2D eigenvalue weighted by Gasteiger charge is 2.32. The number of ether oxygens (including phenoxy) is 4. The summed E-state index contributed by atoms with van der Waals surface area (Å²) in [4.78, 5) is 9.92. The molecule has 3 unspecified atom stereocenters. The summed E-state index contributed by atoms with van der Waals surface area (Å²) in [5.41, 5.74) is 16.2. The Balaban J connectivity index is -0.000000432. The van der Waals surface area contributed by atoms with E-state index in [4.69, 9.17) is 52.2 Å². The van der Waals surface area contributed by atoms with Gasteiger partial charge in [-0.2, -0.15) is 0 Å². The second kappa shape index (κ2) is 39.4. The van der Waals surface area contributed by atoms with Crippen molar-refractivity contribution in [3.05, 3.63) is 11.9 Å². The molecule has 1 amide bonds. The van der Waals surface area contributed by atoms with Crippen molar-refractivity contribution in [1.29, 1.82) is 0 Å². The number of nitrogens with two attached hydrogens (primary N) is 4. The smallest absolute Gasteiger partial charge is 0.217 e. The van der Waals surface area contributed by atoms with Gasteiger partial charge in [-0.1, -0.05) is 34.1 Å². The summed E-state index contributed by atoms with van der Waals surface area (Å²) >= 11 is 0. The van der Waals surface area contributed by atoms with E-state index in [-0.39, 0.29) is 25.7 Å². The Morgan fingerprint density at radius 1 is 0.952 bits per heavy atom. The van der Waals surface area contributed by atoms with E-state index in [9.17, 15) is 15.0 Å². The van der Waals surface area contributed by atoms with Gasteiger partial charge in [0.2, 0.25) is 5.91 Å². The van der Waals surface area contributed by atoms with E-state index in [1.807, 2.05) is 13.8 Å². The Labute approximate surface area is 254 Å². The monoisotopic (exact) mass is 615 g/mol. The first-order valence-electron chi connectivity index (χ1n) is 15.0. The van der Waals surface area contributed by atoms with Crippen LogP contribution in [0.15, 0.2) is 11.9 Å². The highest BCUT2D eigenvalue weighted by atomic mass is 16.5. The number of hydrazine groups is 1. The molecule has 12 N–H and O–H groups in total. The van der Waals surface area contributed by atoms with Crippen LogP contribution in [0.1, 0.15) is 72.6 Å². The van der Waals surface area contributed by atoms with Crippen molar-refractivity contribution >= 4 is 5.91 Å². The van der Waals surface area contributed by atoms with Crippen LogP contribution in [0.4, 0.5) is 0 Å². The van der Waals surface area contributed by atoms with Gasteiger partial charge in [-0.25, -0.2) is 5.84 Å². The number of aliphatic hydroxyl groups is 4. The molecule has 1 rings (SSSR count). The first-order valence-corrected chi connectivity index (χ1v) is 15.0. The largest absolute Gasteiger partial charge is 0.400 e. The molecule has 1 saturated heterocycles. The molecule has 1 aliphatic rings. The van der Waals surface area contributed by atoms with E-state index in [1.54, 1.807) is 0 Å². The van der Waals surface area contributed by atoms with Crippen LogP contribution in [0, 0.1) is 0 Å². The van der Waals surface area contributed by atoms with Crippen LogP contribution >= 0.6 is 0 Å². The van der Waals surface area contributed by atoms with E-state index < -0.39 is 18.3 Å². The van der Waals surface area contributed by atoms with E-state index in [0.717, 1.165) is 20.0 Å². The number of primary amides is 1. The third kappa shape index (κ3) is 36.4. The normalized spacial score (nSPS) is 17.6. The molecule has 256 valence electrons. The van der Waals surface area contributed by atoms with Crippen molar-refractivity contribution in [2.75, 3.05) is 73.1 Å². The molecule has 3 atom stereocenters. The van der Waals surface area contributed by atoms with Crippen molar-refractivity contribution in [2.45, 2.75) is 91.0 Å². The van der Waals surface area contributed by atoms with Crippen LogP contribution in [0.25, 0.3) is 0 Å². The predicted octanol–water partition coefficient (Wildman–Crippen LogP) is -0.0531. The number of nitrogens with zero attached hydrogens (tertiary/aromatic N) is 1. The summed E-state index contributed by atoms with van der Waals surface area (Å²) in [6, 6.07) is 0. The van der Waals surface area contributed by atoms with Crippen molar-refractivity contribution in [3.63, 3.8) is 0 Å². The highest BCUT2D eigenvalue weighted by Crippen LogP contribution is 2.15. The van der Waals surface area contributed by atoms with Gasteiger partial charge in [0.25, 0.3) is 0 Å². The van der Waals surface area contributed by atoms with E-state index in [0.29, 0.717) is 77.6 Å². The first kappa shape index (κ1) is 47.3. The topological polar surface area (TPSA) is 242 Å².